The number of nitrogens with one attached hydrogen (secondary N) is 1. The molecule has 0 heterocycles. The van der Waals surface area contributed by atoms with Gasteiger partial charge in [-0.2, -0.15) is 0 Å². The maximum absolute atomic E-state index is 5.37. The average Bonchev–Trinajstić information content (AvgIpc) is 3.27. The molecule has 0 saturated heterocycles. The van der Waals surface area contributed by atoms with Gasteiger partial charge in [0.05, 0.1) is 14.2 Å². The highest BCUT2D eigenvalue weighted by Gasteiger charge is 2.23. The van der Waals surface area contributed by atoms with Crippen LogP contribution in [0.2, 0.25) is 0 Å². The Balaban J connectivity index is 2.02. The Morgan fingerprint density at radius 2 is 1.84 bits per heavy atom. The van der Waals surface area contributed by atoms with Gasteiger partial charge in [-0.05, 0) is 48.9 Å². The molecule has 106 valence electrons. The molecular formula is C16H25NO2. The second kappa shape index (κ2) is 6.29. The van der Waals surface area contributed by atoms with Gasteiger partial charge in [0.25, 0.3) is 0 Å². The number of rotatable bonds is 7. The van der Waals surface area contributed by atoms with Crippen LogP contribution in [0.25, 0.3) is 0 Å². The molecule has 0 aromatic heterocycles. The van der Waals surface area contributed by atoms with Crippen LogP contribution in [0.1, 0.15) is 38.2 Å². The lowest BCUT2D eigenvalue weighted by Gasteiger charge is -2.22. The van der Waals surface area contributed by atoms with Crippen LogP contribution < -0.4 is 14.8 Å². The van der Waals surface area contributed by atoms with Crippen LogP contribution >= 0.6 is 0 Å². The van der Waals surface area contributed by atoms with Crippen molar-refractivity contribution in [3.63, 3.8) is 0 Å². The quantitative estimate of drug-likeness (QED) is 0.819. The molecule has 3 nitrogen and oxygen atoms in total. The van der Waals surface area contributed by atoms with Crippen molar-refractivity contribution in [2.24, 2.45) is 5.92 Å². The fourth-order valence-corrected chi connectivity index (χ4v) is 2.28. The highest BCUT2D eigenvalue weighted by molar-refractivity contribution is 5.43. The lowest BCUT2D eigenvalue weighted by Crippen LogP contribution is -2.26. The highest BCUT2D eigenvalue weighted by atomic mass is 16.5. The maximum atomic E-state index is 5.37. The topological polar surface area (TPSA) is 30.5 Å². The summed E-state index contributed by atoms with van der Waals surface area (Å²) in [5.41, 5.74) is 1.31. The minimum atomic E-state index is 0.506. The molecular weight excluding hydrogens is 238 g/mol. The van der Waals surface area contributed by atoms with E-state index in [1.54, 1.807) is 14.2 Å². The van der Waals surface area contributed by atoms with E-state index in [0.29, 0.717) is 11.8 Å². The van der Waals surface area contributed by atoms with E-state index in [0.717, 1.165) is 24.1 Å². The lowest BCUT2D eigenvalue weighted by molar-refractivity contribution is 0.353. The van der Waals surface area contributed by atoms with Crippen molar-refractivity contribution in [3.05, 3.63) is 23.8 Å². The third kappa shape index (κ3) is 3.63. The number of hydrogen-bond donors (Lipinski definition) is 1. The molecule has 1 aliphatic rings. The zero-order valence-electron chi connectivity index (χ0n) is 12.4. The molecule has 0 amide bonds. The Kier molecular flexibility index (Phi) is 4.70. The van der Waals surface area contributed by atoms with Crippen LogP contribution in [0.4, 0.5) is 0 Å². The van der Waals surface area contributed by atoms with E-state index in [9.17, 15) is 0 Å². The van der Waals surface area contributed by atoms with Gasteiger partial charge < -0.3 is 14.8 Å². The second-order valence-electron chi connectivity index (χ2n) is 5.56. The molecule has 1 fully saturated rings. The number of benzene rings is 1. The normalized spacial score (nSPS) is 17.9. The molecule has 2 rings (SSSR count). The van der Waals surface area contributed by atoms with Crippen molar-refractivity contribution in [1.29, 1.82) is 0 Å². The van der Waals surface area contributed by atoms with Crippen molar-refractivity contribution in [1.82, 2.24) is 5.32 Å². The molecule has 1 aromatic carbocycles. The summed E-state index contributed by atoms with van der Waals surface area (Å²) in [6.45, 7) is 5.66. The molecule has 1 saturated carbocycles. The van der Waals surface area contributed by atoms with Gasteiger partial charge in [-0.15, -0.1) is 0 Å². The summed E-state index contributed by atoms with van der Waals surface area (Å²) in [7, 11) is 3.35. The van der Waals surface area contributed by atoms with E-state index < -0.39 is 0 Å². The minimum Gasteiger partial charge on any atom is -0.493 e. The fourth-order valence-electron chi connectivity index (χ4n) is 2.28. The van der Waals surface area contributed by atoms with E-state index in [1.807, 2.05) is 6.07 Å². The first-order valence-corrected chi connectivity index (χ1v) is 7.11. The van der Waals surface area contributed by atoms with Crippen LogP contribution in [0.15, 0.2) is 18.2 Å². The maximum Gasteiger partial charge on any atom is 0.160 e. The Morgan fingerprint density at radius 1 is 1.16 bits per heavy atom. The van der Waals surface area contributed by atoms with Crippen molar-refractivity contribution in [3.8, 4) is 11.5 Å². The van der Waals surface area contributed by atoms with Crippen LogP contribution in [0, 0.1) is 5.92 Å². The van der Waals surface area contributed by atoms with Crippen molar-refractivity contribution < 1.29 is 9.47 Å². The highest BCUT2D eigenvalue weighted by Crippen LogP contribution is 2.33. The summed E-state index contributed by atoms with van der Waals surface area (Å²) in [5, 5.41) is 3.60. The smallest absolute Gasteiger partial charge is 0.160 e. The van der Waals surface area contributed by atoms with Gasteiger partial charge in [-0.3, -0.25) is 0 Å². The first-order chi connectivity index (χ1) is 9.15. The van der Waals surface area contributed by atoms with Gasteiger partial charge in [0, 0.05) is 6.04 Å². The molecule has 2 atom stereocenters. The Hall–Kier alpha value is -1.22. The van der Waals surface area contributed by atoms with E-state index >= 15 is 0 Å². The van der Waals surface area contributed by atoms with Crippen LogP contribution in [-0.2, 0) is 0 Å². The monoisotopic (exact) mass is 263 g/mol. The van der Waals surface area contributed by atoms with Gasteiger partial charge >= 0.3 is 0 Å². The summed E-state index contributed by atoms with van der Waals surface area (Å²) in [4.78, 5) is 0. The fraction of sp³-hybridized carbons (Fsp3) is 0.625. The third-order valence-electron chi connectivity index (χ3n) is 4.09. The average molecular weight is 263 g/mol. The lowest BCUT2D eigenvalue weighted by atomic mass is 9.88. The summed E-state index contributed by atoms with van der Waals surface area (Å²) in [6, 6.07) is 7.00. The van der Waals surface area contributed by atoms with Crippen molar-refractivity contribution in [2.75, 3.05) is 20.8 Å². The van der Waals surface area contributed by atoms with Gasteiger partial charge in [0.15, 0.2) is 11.5 Å². The van der Waals surface area contributed by atoms with Crippen molar-refractivity contribution in [2.45, 2.75) is 38.6 Å². The summed E-state index contributed by atoms with van der Waals surface area (Å²) in [6.07, 6.45) is 2.69. The molecule has 1 aliphatic carbocycles. The number of hydrogen-bond acceptors (Lipinski definition) is 3. The predicted octanol–water partition coefficient (Wildman–Crippen LogP) is 3.20. The molecule has 1 aromatic rings. The second-order valence-corrected chi connectivity index (χ2v) is 5.56. The predicted molar refractivity (Wildman–Crippen MR) is 78.1 cm³/mol. The molecule has 3 heteroatoms. The summed E-state index contributed by atoms with van der Waals surface area (Å²) in [5.74, 6) is 2.72. The number of ether oxygens (including phenoxy) is 2. The molecule has 19 heavy (non-hydrogen) atoms. The van der Waals surface area contributed by atoms with Crippen LogP contribution in [-0.4, -0.2) is 26.8 Å². The summed E-state index contributed by atoms with van der Waals surface area (Å²) >= 11 is 0. The Bertz CT molecular complexity index is 415. The first kappa shape index (κ1) is 14.2. The van der Waals surface area contributed by atoms with Gasteiger partial charge in [-0.25, -0.2) is 0 Å². The van der Waals surface area contributed by atoms with E-state index in [2.05, 4.69) is 31.3 Å². The van der Waals surface area contributed by atoms with Gasteiger partial charge in [0.2, 0.25) is 0 Å². The Morgan fingerprint density at radius 3 is 2.42 bits per heavy atom. The minimum absolute atomic E-state index is 0.506. The number of methoxy groups -OCH3 is 2. The molecule has 0 bridgehead atoms. The molecule has 0 aliphatic heterocycles. The van der Waals surface area contributed by atoms with E-state index in [4.69, 9.17) is 9.47 Å². The molecule has 0 spiro atoms. The van der Waals surface area contributed by atoms with E-state index in [1.165, 1.54) is 18.4 Å². The van der Waals surface area contributed by atoms with Gasteiger partial charge in [-0.1, -0.05) is 19.9 Å². The summed E-state index contributed by atoms with van der Waals surface area (Å²) < 4.78 is 10.7. The SMILES string of the molecule is COc1ccc(C(C)C(C)CNC2CC2)cc1OC. The molecule has 1 N–H and O–H groups in total. The standard InChI is InChI=1S/C16H25NO2/c1-11(10-17-14-6-7-14)12(2)13-5-8-15(18-3)16(9-13)19-4/h5,8-9,11-12,14,17H,6-7,10H2,1-4H3. The van der Waals surface area contributed by atoms with Crippen molar-refractivity contribution >= 4 is 0 Å². The zero-order valence-corrected chi connectivity index (χ0v) is 12.4. The van der Waals surface area contributed by atoms with E-state index in [-0.39, 0.29) is 0 Å². The van der Waals surface area contributed by atoms with Gasteiger partial charge in [0.1, 0.15) is 0 Å². The molecule has 0 radical (unpaired) electrons. The van der Waals surface area contributed by atoms with Crippen LogP contribution in [0.3, 0.4) is 0 Å². The first-order valence-electron chi connectivity index (χ1n) is 7.11. The zero-order chi connectivity index (χ0) is 13.8. The third-order valence-corrected chi connectivity index (χ3v) is 4.09. The molecule has 2 unspecified atom stereocenters. The van der Waals surface area contributed by atoms with Crippen LogP contribution in [0.5, 0.6) is 11.5 Å². The Labute approximate surface area is 116 Å². The largest absolute Gasteiger partial charge is 0.493 e.